The zero-order chi connectivity index (χ0) is 23.6. The van der Waals surface area contributed by atoms with Gasteiger partial charge in [0.1, 0.15) is 0 Å². The summed E-state index contributed by atoms with van der Waals surface area (Å²) in [5, 5.41) is 4.37. The molecule has 2 heterocycles. The number of aromatic nitrogens is 3. The van der Waals surface area contributed by atoms with Crippen LogP contribution in [0.4, 0.5) is 29.9 Å². The number of alkyl halides is 3. The number of benzene rings is 2. The van der Waals surface area contributed by atoms with E-state index in [0.717, 1.165) is 33.9 Å². The number of aromatic amines is 1. The normalized spacial score (nSPS) is 11.8. The summed E-state index contributed by atoms with van der Waals surface area (Å²) in [5.41, 5.74) is 1.03. The van der Waals surface area contributed by atoms with Gasteiger partial charge in [0, 0.05) is 18.4 Å². The summed E-state index contributed by atoms with van der Waals surface area (Å²) >= 11 is 1.06. The van der Waals surface area contributed by atoms with Crippen LogP contribution in [0.5, 0.6) is 0 Å². The van der Waals surface area contributed by atoms with Crippen molar-refractivity contribution in [1.82, 2.24) is 15.0 Å². The molecular formula is C22H16F3N5O2S. The minimum atomic E-state index is -4.54. The molecule has 0 radical (unpaired) electrons. The number of nitrogens with one attached hydrogen (secondary N) is 2. The molecule has 168 valence electrons. The van der Waals surface area contributed by atoms with Crippen LogP contribution in [-0.4, -0.2) is 26.8 Å². The predicted octanol–water partition coefficient (Wildman–Crippen LogP) is 5.37. The van der Waals surface area contributed by atoms with E-state index in [1.807, 2.05) is 18.2 Å². The highest BCUT2D eigenvalue weighted by atomic mass is 32.1. The Morgan fingerprint density at radius 3 is 2.64 bits per heavy atom. The number of para-hydroxylation sites is 2. The number of halogens is 3. The van der Waals surface area contributed by atoms with Gasteiger partial charge in [0.15, 0.2) is 5.13 Å². The first kappa shape index (κ1) is 22.2. The van der Waals surface area contributed by atoms with E-state index in [9.17, 15) is 22.8 Å². The lowest BCUT2D eigenvalue weighted by Gasteiger charge is -2.19. The van der Waals surface area contributed by atoms with Crippen LogP contribution in [-0.2, 0) is 15.8 Å². The van der Waals surface area contributed by atoms with Gasteiger partial charge in [-0.15, -0.1) is 11.3 Å². The Morgan fingerprint density at radius 2 is 1.91 bits per heavy atom. The van der Waals surface area contributed by atoms with Crippen molar-refractivity contribution < 1.29 is 22.8 Å². The minimum absolute atomic E-state index is 0.0461. The third kappa shape index (κ3) is 5.09. The van der Waals surface area contributed by atoms with Crippen LogP contribution >= 0.6 is 11.3 Å². The molecule has 0 aliphatic rings. The average molecular weight is 471 g/mol. The van der Waals surface area contributed by atoms with Crippen LogP contribution < -0.4 is 10.2 Å². The maximum atomic E-state index is 13.1. The van der Waals surface area contributed by atoms with Crippen LogP contribution in [0.2, 0.25) is 0 Å². The first-order valence-electron chi connectivity index (χ1n) is 9.58. The predicted molar refractivity (Wildman–Crippen MR) is 120 cm³/mol. The SMILES string of the molecule is CC(=O)N(c1cccc(C(F)(F)F)c1)c1nc(/C=C/C(=O)Nc2nc3ccccc3[nH]2)cs1. The number of nitrogens with zero attached hydrogens (tertiary/aromatic N) is 3. The number of carbonyl (C=O) groups excluding carboxylic acids is 2. The van der Waals surface area contributed by atoms with Gasteiger partial charge in [-0.1, -0.05) is 18.2 Å². The monoisotopic (exact) mass is 471 g/mol. The molecule has 2 aromatic carbocycles. The molecule has 4 rings (SSSR count). The first-order valence-corrected chi connectivity index (χ1v) is 10.5. The Kier molecular flexibility index (Phi) is 5.97. The van der Waals surface area contributed by atoms with Crippen LogP contribution in [0.25, 0.3) is 17.1 Å². The average Bonchev–Trinajstić information content (AvgIpc) is 3.38. The van der Waals surface area contributed by atoms with Crippen LogP contribution in [0.3, 0.4) is 0 Å². The number of fused-ring (bicyclic) bond motifs is 1. The van der Waals surface area contributed by atoms with Gasteiger partial charge in [0.05, 0.1) is 28.0 Å². The number of amides is 2. The smallest absolute Gasteiger partial charge is 0.324 e. The van der Waals surface area contributed by atoms with Crippen LogP contribution in [0.1, 0.15) is 18.2 Å². The van der Waals surface area contributed by atoms with Gasteiger partial charge in [-0.05, 0) is 36.4 Å². The van der Waals surface area contributed by atoms with E-state index < -0.39 is 23.6 Å². The summed E-state index contributed by atoms with van der Waals surface area (Å²) < 4.78 is 39.2. The number of anilines is 3. The fourth-order valence-corrected chi connectivity index (χ4v) is 3.89. The number of H-pyrrole nitrogens is 1. The summed E-state index contributed by atoms with van der Waals surface area (Å²) in [4.78, 5) is 37.0. The van der Waals surface area contributed by atoms with E-state index in [1.165, 1.54) is 31.2 Å². The van der Waals surface area contributed by atoms with Gasteiger partial charge in [-0.25, -0.2) is 9.97 Å². The summed E-state index contributed by atoms with van der Waals surface area (Å²) in [5.74, 6) is -0.663. The van der Waals surface area contributed by atoms with Crippen molar-refractivity contribution in [3.63, 3.8) is 0 Å². The van der Waals surface area contributed by atoms with Gasteiger partial charge in [0.25, 0.3) is 5.91 Å². The molecule has 0 bridgehead atoms. The van der Waals surface area contributed by atoms with Gasteiger partial charge < -0.3 is 4.98 Å². The number of carbonyl (C=O) groups is 2. The lowest BCUT2D eigenvalue weighted by atomic mass is 10.2. The standard InChI is InChI=1S/C22H16F3N5O2S/c1-13(31)30(16-6-4-5-14(11-16)22(23,24)25)21-26-15(12-33-21)9-10-19(32)29-20-27-17-7-2-3-8-18(17)28-20/h2-12H,1H3,(H2,27,28,29,32)/b10-9+. The van der Waals surface area contributed by atoms with Crippen molar-refractivity contribution >= 4 is 57.0 Å². The maximum Gasteiger partial charge on any atom is 0.416 e. The quantitative estimate of drug-likeness (QED) is 0.383. The van der Waals surface area contributed by atoms with Gasteiger partial charge in [-0.3, -0.25) is 19.8 Å². The summed E-state index contributed by atoms with van der Waals surface area (Å²) in [6, 6.07) is 11.7. The van der Waals surface area contributed by atoms with Crippen molar-refractivity contribution in [2.45, 2.75) is 13.1 Å². The van der Waals surface area contributed by atoms with Crippen LogP contribution in [0, 0.1) is 0 Å². The van der Waals surface area contributed by atoms with E-state index in [4.69, 9.17) is 0 Å². The molecule has 4 aromatic rings. The van der Waals surface area contributed by atoms with Crippen LogP contribution in [0.15, 0.2) is 60.0 Å². The molecule has 0 aliphatic heterocycles. The fourth-order valence-electron chi connectivity index (χ4n) is 3.04. The molecule has 2 aromatic heterocycles. The molecule has 2 amide bonds. The largest absolute Gasteiger partial charge is 0.416 e. The Labute approximate surface area is 189 Å². The van der Waals surface area contributed by atoms with E-state index in [1.54, 1.807) is 11.4 Å². The number of imidazole rings is 1. The number of rotatable bonds is 5. The Hall–Kier alpha value is -3.99. The van der Waals surface area contributed by atoms with Gasteiger partial charge >= 0.3 is 6.18 Å². The topological polar surface area (TPSA) is 91.0 Å². The molecule has 0 spiro atoms. The third-order valence-corrected chi connectivity index (χ3v) is 5.33. The summed E-state index contributed by atoms with van der Waals surface area (Å²) in [6.07, 6.45) is -1.86. The zero-order valence-electron chi connectivity index (χ0n) is 17.1. The van der Waals surface area contributed by atoms with Crippen molar-refractivity contribution in [2.24, 2.45) is 0 Å². The molecule has 0 fully saturated rings. The molecule has 0 atom stereocenters. The number of hydrogen-bond donors (Lipinski definition) is 2. The van der Waals surface area contributed by atoms with Gasteiger partial charge in [0.2, 0.25) is 11.9 Å². The van der Waals surface area contributed by atoms with Crippen molar-refractivity contribution in [3.8, 4) is 0 Å². The highest BCUT2D eigenvalue weighted by Gasteiger charge is 2.31. The third-order valence-electron chi connectivity index (χ3n) is 4.48. The zero-order valence-corrected chi connectivity index (χ0v) is 17.9. The lowest BCUT2D eigenvalue weighted by Crippen LogP contribution is -2.23. The molecule has 0 aliphatic carbocycles. The molecule has 11 heteroatoms. The summed E-state index contributed by atoms with van der Waals surface area (Å²) in [7, 11) is 0. The fraction of sp³-hybridized carbons (Fsp3) is 0.0909. The molecule has 7 nitrogen and oxygen atoms in total. The highest BCUT2D eigenvalue weighted by Crippen LogP contribution is 2.35. The second-order valence-electron chi connectivity index (χ2n) is 6.88. The first-order chi connectivity index (χ1) is 15.7. The Bertz CT molecular complexity index is 1330. The second kappa shape index (κ2) is 8.87. The van der Waals surface area contributed by atoms with Crippen molar-refractivity contribution in [3.05, 3.63) is 71.2 Å². The van der Waals surface area contributed by atoms with E-state index in [-0.39, 0.29) is 16.8 Å². The molecule has 0 unspecified atom stereocenters. The highest BCUT2D eigenvalue weighted by molar-refractivity contribution is 7.14. The molecule has 2 N–H and O–H groups in total. The number of thiazole rings is 1. The second-order valence-corrected chi connectivity index (χ2v) is 7.72. The molecule has 0 saturated carbocycles. The van der Waals surface area contributed by atoms with E-state index >= 15 is 0 Å². The molecular weight excluding hydrogens is 455 g/mol. The number of hydrogen-bond acceptors (Lipinski definition) is 5. The Balaban J connectivity index is 1.50. The minimum Gasteiger partial charge on any atom is -0.324 e. The van der Waals surface area contributed by atoms with Crippen molar-refractivity contribution in [1.29, 1.82) is 0 Å². The van der Waals surface area contributed by atoms with Crippen molar-refractivity contribution in [2.75, 3.05) is 10.2 Å². The molecule has 33 heavy (non-hydrogen) atoms. The lowest BCUT2D eigenvalue weighted by molar-refractivity contribution is -0.137. The van der Waals surface area contributed by atoms with E-state index in [2.05, 4.69) is 20.3 Å². The van der Waals surface area contributed by atoms with E-state index in [0.29, 0.717) is 11.2 Å². The Morgan fingerprint density at radius 1 is 1.12 bits per heavy atom. The van der Waals surface area contributed by atoms with Gasteiger partial charge in [-0.2, -0.15) is 13.2 Å². The molecule has 0 saturated heterocycles. The maximum absolute atomic E-state index is 13.1. The summed E-state index contributed by atoms with van der Waals surface area (Å²) in [6.45, 7) is 1.23.